The minimum absolute atomic E-state index is 0.211. The van der Waals surface area contributed by atoms with Crippen molar-refractivity contribution in [3.05, 3.63) is 17.5 Å². The Labute approximate surface area is 126 Å². The molecule has 1 unspecified atom stereocenters. The van der Waals surface area contributed by atoms with E-state index in [-0.39, 0.29) is 5.92 Å². The van der Waals surface area contributed by atoms with Crippen molar-refractivity contribution in [2.24, 2.45) is 11.3 Å². The molecule has 0 spiro atoms. The summed E-state index contributed by atoms with van der Waals surface area (Å²) in [6.07, 6.45) is 2.07. The number of hydrogen-bond donors (Lipinski definition) is 1. The molecule has 1 N–H and O–H groups in total. The van der Waals surface area contributed by atoms with Crippen LogP contribution in [0.5, 0.6) is 0 Å². The summed E-state index contributed by atoms with van der Waals surface area (Å²) in [6, 6.07) is 2.13. The zero-order valence-electron chi connectivity index (χ0n) is 13.6. The molecule has 1 saturated heterocycles. The molecule has 0 aromatic carbocycles. The molecule has 21 heavy (non-hydrogen) atoms. The van der Waals surface area contributed by atoms with Crippen LogP contribution in [0.15, 0.2) is 6.07 Å². The highest BCUT2D eigenvalue weighted by Crippen LogP contribution is 2.34. The average molecular weight is 293 g/mol. The summed E-state index contributed by atoms with van der Waals surface area (Å²) in [7, 11) is 0. The molecule has 1 fully saturated rings. The summed E-state index contributed by atoms with van der Waals surface area (Å²) in [6.45, 7) is 11.5. The van der Waals surface area contributed by atoms with Crippen molar-refractivity contribution in [3.63, 3.8) is 0 Å². The molecule has 1 aliphatic rings. The molecule has 118 valence electrons. The highest BCUT2D eigenvalue weighted by Gasteiger charge is 2.39. The van der Waals surface area contributed by atoms with Crippen molar-refractivity contribution < 1.29 is 9.90 Å². The van der Waals surface area contributed by atoms with Crippen LogP contribution in [0.25, 0.3) is 0 Å². The smallest absolute Gasteiger partial charge is 0.309 e. The van der Waals surface area contributed by atoms with Gasteiger partial charge in [0.05, 0.1) is 16.8 Å². The third kappa shape index (κ3) is 3.46. The Balaban J connectivity index is 2.06. The van der Waals surface area contributed by atoms with Gasteiger partial charge in [-0.2, -0.15) is 5.10 Å². The molecule has 0 aliphatic carbocycles. The number of aryl methyl sites for hydroxylation is 2. The van der Waals surface area contributed by atoms with Crippen LogP contribution < -0.4 is 0 Å². The number of carboxylic acid groups (broad SMARTS) is 1. The van der Waals surface area contributed by atoms with Crippen molar-refractivity contribution >= 4 is 5.97 Å². The molecule has 1 aromatic heterocycles. The highest BCUT2D eigenvalue weighted by molar-refractivity contribution is 5.74. The molecule has 2 rings (SSSR count). The van der Waals surface area contributed by atoms with Gasteiger partial charge in [0.15, 0.2) is 0 Å². The number of nitrogens with zero attached hydrogens (tertiary/aromatic N) is 3. The first-order valence-electron chi connectivity index (χ1n) is 7.83. The van der Waals surface area contributed by atoms with Gasteiger partial charge >= 0.3 is 5.97 Å². The molecule has 5 nitrogen and oxygen atoms in total. The molecule has 0 saturated carbocycles. The van der Waals surface area contributed by atoms with Gasteiger partial charge in [-0.05, 0) is 59.1 Å². The number of carboxylic acids is 1. The number of piperidine rings is 1. The zero-order valence-corrected chi connectivity index (χ0v) is 13.6. The normalized spacial score (nSPS) is 20.7. The van der Waals surface area contributed by atoms with Gasteiger partial charge in [-0.3, -0.25) is 14.4 Å². The molecule has 0 radical (unpaired) electrons. The fraction of sp³-hybridized carbons (Fsp3) is 0.750. The minimum Gasteiger partial charge on any atom is -0.481 e. The standard InChI is InChI=1S/C16H27N3O2/c1-5-19-14(9-12(2)17-19)11-18-8-6-7-13(10-18)16(3,4)15(20)21/h9,13H,5-8,10-11H2,1-4H3,(H,20,21). The van der Waals surface area contributed by atoms with E-state index < -0.39 is 11.4 Å². The lowest BCUT2D eigenvalue weighted by Crippen LogP contribution is -2.44. The number of rotatable bonds is 5. The Bertz CT molecular complexity index is 508. The van der Waals surface area contributed by atoms with Gasteiger partial charge in [0, 0.05) is 19.6 Å². The lowest BCUT2D eigenvalue weighted by Gasteiger charge is -2.39. The monoisotopic (exact) mass is 293 g/mol. The van der Waals surface area contributed by atoms with Gasteiger partial charge in [-0.1, -0.05) is 0 Å². The molecule has 5 heteroatoms. The number of aliphatic carboxylic acids is 1. The van der Waals surface area contributed by atoms with Crippen LogP contribution >= 0.6 is 0 Å². The van der Waals surface area contributed by atoms with Crippen LogP contribution in [-0.2, 0) is 17.9 Å². The third-order valence-electron chi connectivity index (χ3n) is 4.75. The van der Waals surface area contributed by atoms with Gasteiger partial charge in [0.2, 0.25) is 0 Å². The first-order valence-corrected chi connectivity index (χ1v) is 7.83. The second-order valence-corrected chi connectivity index (χ2v) is 6.69. The van der Waals surface area contributed by atoms with Crippen molar-refractivity contribution in [1.82, 2.24) is 14.7 Å². The third-order valence-corrected chi connectivity index (χ3v) is 4.75. The predicted molar refractivity (Wildman–Crippen MR) is 82.1 cm³/mol. The molecular formula is C16H27N3O2. The Morgan fingerprint density at radius 2 is 2.24 bits per heavy atom. The maximum Gasteiger partial charge on any atom is 0.309 e. The summed E-state index contributed by atoms with van der Waals surface area (Å²) in [5.41, 5.74) is 1.62. The Morgan fingerprint density at radius 3 is 2.86 bits per heavy atom. The molecular weight excluding hydrogens is 266 g/mol. The second kappa shape index (κ2) is 6.18. The lowest BCUT2D eigenvalue weighted by molar-refractivity contribution is -0.151. The van der Waals surface area contributed by atoms with Crippen LogP contribution in [0.2, 0.25) is 0 Å². The van der Waals surface area contributed by atoms with E-state index in [0.717, 1.165) is 44.7 Å². The number of aromatic nitrogens is 2. The zero-order chi connectivity index (χ0) is 15.6. The summed E-state index contributed by atoms with van der Waals surface area (Å²) in [5, 5.41) is 13.9. The summed E-state index contributed by atoms with van der Waals surface area (Å²) in [5.74, 6) is -0.480. The van der Waals surface area contributed by atoms with Crippen LogP contribution in [0.1, 0.15) is 45.0 Å². The Kier molecular flexibility index (Phi) is 4.71. The Hall–Kier alpha value is -1.36. The number of hydrogen-bond acceptors (Lipinski definition) is 3. The van der Waals surface area contributed by atoms with Gasteiger partial charge < -0.3 is 5.11 Å². The largest absolute Gasteiger partial charge is 0.481 e. The fourth-order valence-electron chi connectivity index (χ4n) is 3.19. The van der Waals surface area contributed by atoms with E-state index in [1.807, 2.05) is 25.5 Å². The van der Waals surface area contributed by atoms with Crippen LogP contribution in [0.4, 0.5) is 0 Å². The highest BCUT2D eigenvalue weighted by atomic mass is 16.4. The van der Waals surface area contributed by atoms with E-state index in [9.17, 15) is 9.90 Å². The van der Waals surface area contributed by atoms with Gasteiger partial charge in [0.1, 0.15) is 0 Å². The molecule has 0 bridgehead atoms. The molecule has 1 atom stereocenters. The molecule has 1 aromatic rings. The number of likely N-dealkylation sites (tertiary alicyclic amines) is 1. The predicted octanol–water partition coefficient (Wildman–Crippen LogP) is 2.53. The summed E-state index contributed by atoms with van der Waals surface area (Å²) in [4.78, 5) is 13.8. The summed E-state index contributed by atoms with van der Waals surface area (Å²) >= 11 is 0. The Morgan fingerprint density at radius 1 is 1.52 bits per heavy atom. The SMILES string of the molecule is CCn1nc(C)cc1CN1CCCC(C(C)(C)C(=O)O)C1. The van der Waals surface area contributed by atoms with Gasteiger partial charge in [-0.25, -0.2) is 0 Å². The van der Waals surface area contributed by atoms with Crippen LogP contribution in [-0.4, -0.2) is 38.8 Å². The maximum atomic E-state index is 11.5. The van der Waals surface area contributed by atoms with E-state index in [4.69, 9.17) is 0 Å². The van der Waals surface area contributed by atoms with Crippen molar-refractivity contribution in [2.45, 2.75) is 53.6 Å². The minimum atomic E-state index is -0.691. The van der Waals surface area contributed by atoms with Crippen molar-refractivity contribution in [3.8, 4) is 0 Å². The fourth-order valence-corrected chi connectivity index (χ4v) is 3.19. The van der Waals surface area contributed by atoms with Crippen molar-refractivity contribution in [2.75, 3.05) is 13.1 Å². The van der Waals surface area contributed by atoms with E-state index in [2.05, 4.69) is 23.0 Å². The topological polar surface area (TPSA) is 58.4 Å². The maximum absolute atomic E-state index is 11.5. The molecule has 2 heterocycles. The summed E-state index contributed by atoms with van der Waals surface area (Å²) < 4.78 is 2.04. The number of carbonyl (C=O) groups is 1. The van der Waals surface area contributed by atoms with Gasteiger partial charge in [0.25, 0.3) is 0 Å². The quantitative estimate of drug-likeness (QED) is 0.906. The van der Waals surface area contributed by atoms with E-state index in [1.54, 1.807) is 0 Å². The van der Waals surface area contributed by atoms with E-state index in [0.29, 0.717) is 0 Å². The molecule has 1 aliphatic heterocycles. The van der Waals surface area contributed by atoms with E-state index >= 15 is 0 Å². The first kappa shape index (κ1) is 16.0. The van der Waals surface area contributed by atoms with Crippen molar-refractivity contribution in [1.29, 1.82) is 0 Å². The second-order valence-electron chi connectivity index (χ2n) is 6.69. The molecule has 0 amide bonds. The van der Waals surface area contributed by atoms with Gasteiger partial charge in [-0.15, -0.1) is 0 Å². The first-order chi connectivity index (χ1) is 9.84. The average Bonchev–Trinajstić information content (AvgIpc) is 2.78. The van der Waals surface area contributed by atoms with Crippen LogP contribution in [0.3, 0.4) is 0 Å². The van der Waals surface area contributed by atoms with Crippen LogP contribution in [0, 0.1) is 18.3 Å². The lowest BCUT2D eigenvalue weighted by atomic mass is 9.74. The van der Waals surface area contributed by atoms with E-state index in [1.165, 1.54) is 5.69 Å².